The Hall–Kier alpha value is -0.960. The molecule has 0 atom stereocenters. The number of halogens is 2. The van der Waals surface area contributed by atoms with Crippen molar-refractivity contribution < 1.29 is 14.1 Å². The predicted octanol–water partition coefficient (Wildman–Crippen LogP) is 2.93. The smallest absolute Gasteiger partial charge is 0.293 e. The second kappa shape index (κ2) is 5.35. The molecule has 0 bridgehead atoms. The maximum atomic E-state index is 13.4. The van der Waals surface area contributed by atoms with Crippen LogP contribution < -0.4 is 5.32 Å². The molecule has 98 valence electrons. The van der Waals surface area contributed by atoms with Gasteiger partial charge in [-0.15, -0.1) is 0 Å². The van der Waals surface area contributed by atoms with Crippen LogP contribution >= 0.6 is 22.6 Å². The van der Waals surface area contributed by atoms with Crippen molar-refractivity contribution in [2.45, 2.75) is 25.0 Å². The molecule has 0 saturated heterocycles. The molecule has 1 fully saturated rings. The first-order chi connectivity index (χ1) is 8.51. The molecule has 0 radical (unpaired) electrons. The van der Waals surface area contributed by atoms with Gasteiger partial charge in [-0.3, -0.25) is 10.1 Å². The number of hydrogen-bond donors (Lipinski definition) is 1. The second-order valence-corrected chi connectivity index (χ2v) is 5.37. The fourth-order valence-electron chi connectivity index (χ4n) is 1.90. The van der Waals surface area contributed by atoms with Crippen molar-refractivity contribution in [2.24, 2.45) is 0 Å². The molecule has 2 rings (SSSR count). The Morgan fingerprint density at radius 3 is 2.78 bits per heavy atom. The van der Waals surface area contributed by atoms with E-state index in [-0.39, 0.29) is 27.1 Å². The Kier molecular flexibility index (Phi) is 4.00. The molecule has 0 spiro atoms. The molecule has 0 aromatic heterocycles. The van der Waals surface area contributed by atoms with Gasteiger partial charge >= 0.3 is 0 Å². The van der Waals surface area contributed by atoms with Crippen molar-refractivity contribution >= 4 is 34.0 Å². The van der Waals surface area contributed by atoms with E-state index in [0.29, 0.717) is 0 Å². The van der Waals surface area contributed by atoms with Crippen LogP contribution in [-0.2, 0) is 4.74 Å². The lowest BCUT2D eigenvalue weighted by Gasteiger charge is -2.35. The maximum absolute atomic E-state index is 13.4. The number of nitro groups is 1. The van der Waals surface area contributed by atoms with Gasteiger partial charge in [-0.1, -0.05) is 0 Å². The molecule has 1 aromatic rings. The summed E-state index contributed by atoms with van der Waals surface area (Å²) in [6.45, 7) is 0. The highest BCUT2D eigenvalue weighted by Crippen LogP contribution is 2.33. The van der Waals surface area contributed by atoms with Crippen LogP contribution in [0.15, 0.2) is 12.1 Å². The average molecular weight is 366 g/mol. The summed E-state index contributed by atoms with van der Waals surface area (Å²) in [6, 6.07) is 2.53. The van der Waals surface area contributed by atoms with Crippen LogP contribution in [0.4, 0.5) is 15.8 Å². The zero-order chi connectivity index (χ0) is 13.3. The Labute approximate surface area is 117 Å². The van der Waals surface area contributed by atoms with Crippen LogP contribution in [0.25, 0.3) is 0 Å². The highest BCUT2D eigenvalue weighted by atomic mass is 127. The zero-order valence-corrected chi connectivity index (χ0v) is 11.8. The highest BCUT2D eigenvalue weighted by molar-refractivity contribution is 14.1. The van der Waals surface area contributed by atoms with E-state index in [1.807, 2.05) is 0 Å². The lowest BCUT2D eigenvalue weighted by molar-refractivity contribution is -0.384. The van der Waals surface area contributed by atoms with Gasteiger partial charge in [0.15, 0.2) is 0 Å². The van der Waals surface area contributed by atoms with E-state index in [2.05, 4.69) is 5.32 Å². The molecule has 1 aromatic carbocycles. The third kappa shape index (κ3) is 2.72. The van der Waals surface area contributed by atoms with Gasteiger partial charge in [-0.25, -0.2) is 4.39 Å². The Balaban J connectivity index is 2.16. The molecular formula is C11H12FIN2O3. The van der Waals surface area contributed by atoms with Gasteiger partial charge in [0.2, 0.25) is 0 Å². The van der Waals surface area contributed by atoms with Crippen LogP contribution in [0.5, 0.6) is 0 Å². The van der Waals surface area contributed by atoms with E-state index < -0.39 is 10.7 Å². The van der Waals surface area contributed by atoms with Crippen molar-refractivity contribution in [2.75, 3.05) is 12.4 Å². The quantitative estimate of drug-likeness (QED) is 0.506. The van der Waals surface area contributed by atoms with Gasteiger partial charge in [-0.2, -0.15) is 0 Å². The number of rotatable bonds is 4. The minimum Gasteiger partial charge on any atom is -0.381 e. The fraction of sp³-hybridized carbons (Fsp3) is 0.455. The summed E-state index contributed by atoms with van der Waals surface area (Å²) < 4.78 is 18.8. The summed E-state index contributed by atoms with van der Waals surface area (Å²) in [6.07, 6.45) is 1.75. The number of ether oxygens (including phenoxy) is 1. The zero-order valence-electron chi connectivity index (χ0n) is 9.65. The summed E-state index contributed by atoms with van der Waals surface area (Å²) in [5, 5.41) is 13.9. The number of nitrogens with zero attached hydrogens (tertiary/aromatic N) is 1. The Morgan fingerprint density at radius 1 is 1.56 bits per heavy atom. The van der Waals surface area contributed by atoms with E-state index in [1.165, 1.54) is 12.1 Å². The highest BCUT2D eigenvalue weighted by Gasteiger charge is 2.30. The molecule has 0 amide bonds. The number of benzene rings is 1. The van der Waals surface area contributed by atoms with E-state index in [0.717, 1.165) is 12.8 Å². The number of nitrogens with one attached hydrogen (secondary N) is 1. The number of nitro benzene ring substituents is 1. The van der Waals surface area contributed by atoms with Crippen LogP contribution in [0.3, 0.4) is 0 Å². The van der Waals surface area contributed by atoms with Gasteiger partial charge < -0.3 is 10.1 Å². The van der Waals surface area contributed by atoms with Gasteiger partial charge in [0.1, 0.15) is 11.5 Å². The molecule has 1 aliphatic rings. The molecule has 5 nitrogen and oxygen atoms in total. The molecule has 0 unspecified atom stereocenters. The van der Waals surface area contributed by atoms with E-state index in [1.54, 1.807) is 29.7 Å². The van der Waals surface area contributed by atoms with Crippen molar-refractivity contribution in [1.82, 2.24) is 0 Å². The summed E-state index contributed by atoms with van der Waals surface area (Å²) in [7, 11) is 1.63. The maximum Gasteiger partial charge on any atom is 0.293 e. The summed E-state index contributed by atoms with van der Waals surface area (Å²) in [5.74, 6) is -0.452. The number of methoxy groups -OCH3 is 1. The van der Waals surface area contributed by atoms with Crippen molar-refractivity contribution in [3.63, 3.8) is 0 Å². The fourth-order valence-corrected chi connectivity index (χ4v) is 2.35. The molecule has 7 heteroatoms. The lowest BCUT2D eigenvalue weighted by Crippen LogP contribution is -2.40. The molecule has 1 saturated carbocycles. The second-order valence-electron chi connectivity index (χ2n) is 4.21. The Morgan fingerprint density at radius 2 is 2.22 bits per heavy atom. The first-order valence-electron chi connectivity index (χ1n) is 5.44. The summed E-state index contributed by atoms with van der Waals surface area (Å²) in [4.78, 5) is 10.4. The first kappa shape index (κ1) is 13.5. The topological polar surface area (TPSA) is 64.4 Å². The van der Waals surface area contributed by atoms with Crippen molar-refractivity contribution in [3.8, 4) is 0 Å². The molecule has 0 aliphatic heterocycles. The predicted molar refractivity (Wildman–Crippen MR) is 73.2 cm³/mol. The molecular weight excluding hydrogens is 354 g/mol. The average Bonchev–Trinajstić information content (AvgIpc) is 2.26. The summed E-state index contributed by atoms with van der Waals surface area (Å²) >= 11 is 1.74. The van der Waals surface area contributed by atoms with Crippen LogP contribution in [0.1, 0.15) is 12.8 Å². The van der Waals surface area contributed by atoms with Crippen molar-refractivity contribution in [1.29, 1.82) is 0 Å². The van der Waals surface area contributed by atoms with Crippen LogP contribution in [-0.4, -0.2) is 24.2 Å². The largest absolute Gasteiger partial charge is 0.381 e. The molecule has 18 heavy (non-hydrogen) atoms. The minimum absolute atomic E-state index is 0.0957. The Bertz CT molecular complexity index is 478. The SMILES string of the molecule is COC1CC(Nc2cc(F)c(I)cc2[N+](=O)[O-])C1. The molecule has 0 heterocycles. The minimum atomic E-state index is -0.504. The van der Waals surface area contributed by atoms with Gasteiger partial charge in [0.25, 0.3) is 5.69 Å². The third-order valence-corrected chi connectivity index (χ3v) is 3.85. The van der Waals surface area contributed by atoms with E-state index >= 15 is 0 Å². The standard InChI is InChI=1S/C11H12FIN2O3/c1-18-7-2-6(3-7)14-10-4-8(12)9(13)5-11(10)15(16)17/h4-7,14H,2-3H2,1H3. The summed E-state index contributed by atoms with van der Waals surface area (Å²) in [5.41, 5.74) is 0.138. The molecule has 1 N–H and O–H groups in total. The van der Waals surface area contributed by atoms with Gasteiger partial charge in [0, 0.05) is 25.3 Å². The molecule has 1 aliphatic carbocycles. The van der Waals surface area contributed by atoms with Crippen LogP contribution in [0, 0.1) is 19.5 Å². The van der Waals surface area contributed by atoms with E-state index in [4.69, 9.17) is 4.74 Å². The van der Waals surface area contributed by atoms with Crippen molar-refractivity contribution in [3.05, 3.63) is 31.6 Å². The monoisotopic (exact) mass is 366 g/mol. The van der Waals surface area contributed by atoms with Gasteiger partial charge in [-0.05, 0) is 35.4 Å². The third-order valence-electron chi connectivity index (χ3n) is 3.02. The van der Waals surface area contributed by atoms with Gasteiger partial charge in [0.05, 0.1) is 14.6 Å². The normalized spacial score (nSPS) is 22.4. The van der Waals surface area contributed by atoms with E-state index in [9.17, 15) is 14.5 Å². The van der Waals surface area contributed by atoms with Crippen LogP contribution in [0.2, 0.25) is 0 Å². The number of hydrogen-bond acceptors (Lipinski definition) is 4. The number of anilines is 1. The first-order valence-corrected chi connectivity index (χ1v) is 6.52. The lowest BCUT2D eigenvalue weighted by atomic mass is 9.89.